The molecule has 5 aromatic rings. The van der Waals surface area contributed by atoms with Crippen LogP contribution in [0.2, 0.25) is 0 Å². The van der Waals surface area contributed by atoms with Crippen LogP contribution in [0.15, 0.2) is 65.3 Å². The molecule has 0 radical (unpaired) electrons. The number of hydrogen-bond acceptors (Lipinski definition) is 3. The molecule has 2 aromatic heterocycles. The van der Waals surface area contributed by atoms with Crippen LogP contribution in [0.25, 0.3) is 44.1 Å². The van der Waals surface area contributed by atoms with Crippen molar-refractivity contribution >= 4 is 32.8 Å². The molecular formula is C24H20N2O. The monoisotopic (exact) mass is 352 g/mol. The van der Waals surface area contributed by atoms with Gasteiger partial charge in [-0.25, -0.2) is 9.97 Å². The Labute approximate surface area is 157 Å². The lowest BCUT2D eigenvalue weighted by molar-refractivity contribution is 0.658. The minimum atomic E-state index is 0.403. The summed E-state index contributed by atoms with van der Waals surface area (Å²) in [5, 5.41) is 3.33. The third-order valence-corrected chi connectivity index (χ3v) is 5.22. The standard InChI is InChI=1S/C24H20N2O/c1-14(2)16-6-4-7-17-18-8-5-9-20(24(18)27-23(16)17)22-19-11-10-15(3)12-21(19)25-13-26-22/h4-14H,1-3H3. The Morgan fingerprint density at radius 3 is 2.41 bits per heavy atom. The van der Waals surface area contributed by atoms with Crippen LogP contribution in [0.4, 0.5) is 0 Å². The van der Waals surface area contributed by atoms with Gasteiger partial charge in [0, 0.05) is 21.7 Å². The second-order valence-electron chi connectivity index (χ2n) is 7.41. The van der Waals surface area contributed by atoms with Crippen molar-refractivity contribution in [3.8, 4) is 11.3 Å². The molecular weight excluding hydrogens is 332 g/mol. The van der Waals surface area contributed by atoms with Crippen LogP contribution in [0.5, 0.6) is 0 Å². The Hall–Kier alpha value is -3.20. The Kier molecular flexibility index (Phi) is 3.51. The van der Waals surface area contributed by atoms with E-state index in [1.54, 1.807) is 6.33 Å². The summed E-state index contributed by atoms with van der Waals surface area (Å²) in [7, 11) is 0. The van der Waals surface area contributed by atoms with Gasteiger partial charge in [0.25, 0.3) is 0 Å². The second-order valence-corrected chi connectivity index (χ2v) is 7.41. The number of hydrogen-bond donors (Lipinski definition) is 0. The highest BCUT2D eigenvalue weighted by atomic mass is 16.3. The van der Waals surface area contributed by atoms with Gasteiger partial charge in [0.1, 0.15) is 17.5 Å². The van der Waals surface area contributed by atoms with Crippen LogP contribution in [-0.2, 0) is 0 Å². The van der Waals surface area contributed by atoms with Crippen molar-refractivity contribution in [3.63, 3.8) is 0 Å². The summed E-state index contributed by atoms with van der Waals surface area (Å²) in [6.07, 6.45) is 1.64. The quantitative estimate of drug-likeness (QED) is 0.358. The van der Waals surface area contributed by atoms with Gasteiger partial charge in [-0.05, 0) is 36.1 Å². The molecule has 27 heavy (non-hydrogen) atoms. The molecule has 0 aliphatic carbocycles. The average molecular weight is 352 g/mol. The number of nitrogens with zero attached hydrogens (tertiary/aromatic N) is 2. The van der Waals surface area contributed by atoms with E-state index in [0.29, 0.717) is 5.92 Å². The van der Waals surface area contributed by atoms with Gasteiger partial charge in [-0.2, -0.15) is 0 Å². The van der Waals surface area contributed by atoms with Crippen molar-refractivity contribution in [2.24, 2.45) is 0 Å². The zero-order valence-electron chi connectivity index (χ0n) is 15.7. The van der Waals surface area contributed by atoms with E-state index in [0.717, 1.165) is 44.1 Å². The average Bonchev–Trinajstić information content (AvgIpc) is 3.06. The molecule has 3 heteroatoms. The first-order valence-corrected chi connectivity index (χ1v) is 9.29. The lowest BCUT2D eigenvalue weighted by Gasteiger charge is -2.06. The fraction of sp³-hybridized carbons (Fsp3) is 0.167. The van der Waals surface area contributed by atoms with Crippen molar-refractivity contribution in [2.45, 2.75) is 26.7 Å². The molecule has 0 unspecified atom stereocenters. The smallest absolute Gasteiger partial charge is 0.144 e. The molecule has 2 heterocycles. The molecule has 0 N–H and O–H groups in total. The third-order valence-electron chi connectivity index (χ3n) is 5.22. The molecule has 0 atom stereocenters. The van der Waals surface area contributed by atoms with Gasteiger partial charge in [-0.3, -0.25) is 0 Å². The third kappa shape index (κ3) is 2.42. The molecule has 3 aromatic carbocycles. The lowest BCUT2D eigenvalue weighted by Crippen LogP contribution is -1.90. The summed E-state index contributed by atoms with van der Waals surface area (Å²) in [6, 6.07) is 19.0. The molecule has 0 aliphatic rings. The fourth-order valence-electron chi connectivity index (χ4n) is 3.86. The summed E-state index contributed by atoms with van der Waals surface area (Å²) in [5.41, 5.74) is 7.17. The van der Waals surface area contributed by atoms with Gasteiger partial charge < -0.3 is 4.42 Å². The summed E-state index contributed by atoms with van der Waals surface area (Å²) in [6.45, 7) is 6.47. The lowest BCUT2D eigenvalue weighted by atomic mass is 9.99. The SMILES string of the molecule is Cc1ccc2c(-c3cccc4c3oc3c(C(C)C)cccc34)ncnc2c1. The van der Waals surface area contributed by atoms with Gasteiger partial charge >= 0.3 is 0 Å². The summed E-state index contributed by atoms with van der Waals surface area (Å²) in [4.78, 5) is 9.06. The molecule has 0 bridgehead atoms. The first kappa shape index (κ1) is 16.0. The van der Waals surface area contributed by atoms with Crippen molar-refractivity contribution in [1.29, 1.82) is 0 Å². The Bertz CT molecular complexity index is 1310. The van der Waals surface area contributed by atoms with Crippen LogP contribution in [0, 0.1) is 6.92 Å². The van der Waals surface area contributed by atoms with Crippen LogP contribution >= 0.6 is 0 Å². The van der Waals surface area contributed by atoms with Crippen molar-refractivity contribution < 1.29 is 4.42 Å². The highest BCUT2D eigenvalue weighted by molar-refractivity contribution is 6.11. The van der Waals surface area contributed by atoms with E-state index in [9.17, 15) is 0 Å². The first-order valence-electron chi connectivity index (χ1n) is 9.29. The minimum Gasteiger partial charge on any atom is -0.455 e. The summed E-state index contributed by atoms with van der Waals surface area (Å²) < 4.78 is 6.44. The number of rotatable bonds is 2. The van der Waals surface area contributed by atoms with Gasteiger partial charge in [-0.1, -0.05) is 56.3 Å². The number of furan rings is 1. The van der Waals surface area contributed by atoms with Gasteiger partial charge in [0.05, 0.1) is 11.2 Å². The van der Waals surface area contributed by atoms with Crippen LogP contribution in [-0.4, -0.2) is 9.97 Å². The number of benzene rings is 3. The molecule has 132 valence electrons. The van der Waals surface area contributed by atoms with Crippen molar-refractivity contribution in [2.75, 3.05) is 0 Å². The van der Waals surface area contributed by atoms with Crippen molar-refractivity contribution in [1.82, 2.24) is 9.97 Å². The zero-order chi connectivity index (χ0) is 18.5. The number of aromatic nitrogens is 2. The van der Waals surface area contributed by atoms with E-state index in [1.807, 2.05) is 0 Å². The van der Waals surface area contributed by atoms with E-state index in [1.165, 1.54) is 11.1 Å². The summed E-state index contributed by atoms with van der Waals surface area (Å²) in [5.74, 6) is 0.403. The van der Waals surface area contributed by atoms with E-state index in [-0.39, 0.29) is 0 Å². The Balaban J connectivity index is 1.88. The van der Waals surface area contributed by atoms with Crippen molar-refractivity contribution in [3.05, 3.63) is 72.1 Å². The number of aryl methyl sites for hydroxylation is 1. The Morgan fingerprint density at radius 2 is 1.59 bits per heavy atom. The topological polar surface area (TPSA) is 38.9 Å². The van der Waals surface area contributed by atoms with Crippen LogP contribution in [0.1, 0.15) is 30.9 Å². The van der Waals surface area contributed by atoms with E-state index < -0.39 is 0 Å². The minimum absolute atomic E-state index is 0.403. The highest BCUT2D eigenvalue weighted by Gasteiger charge is 2.17. The maximum atomic E-state index is 6.44. The van der Waals surface area contributed by atoms with Gasteiger partial charge in [0.15, 0.2) is 0 Å². The molecule has 0 amide bonds. The zero-order valence-corrected chi connectivity index (χ0v) is 15.7. The largest absolute Gasteiger partial charge is 0.455 e. The molecule has 3 nitrogen and oxygen atoms in total. The molecule has 5 rings (SSSR count). The second kappa shape index (κ2) is 5.92. The number of para-hydroxylation sites is 2. The number of fused-ring (bicyclic) bond motifs is 4. The maximum Gasteiger partial charge on any atom is 0.144 e. The summed E-state index contributed by atoms with van der Waals surface area (Å²) >= 11 is 0. The normalized spacial score (nSPS) is 11.9. The van der Waals surface area contributed by atoms with Gasteiger partial charge in [-0.15, -0.1) is 0 Å². The fourth-order valence-corrected chi connectivity index (χ4v) is 3.86. The molecule has 0 fully saturated rings. The van der Waals surface area contributed by atoms with Crippen LogP contribution in [0.3, 0.4) is 0 Å². The predicted octanol–water partition coefficient (Wildman–Crippen LogP) is 6.63. The van der Waals surface area contributed by atoms with Crippen LogP contribution < -0.4 is 0 Å². The van der Waals surface area contributed by atoms with E-state index >= 15 is 0 Å². The van der Waals surface area contributed by atoms with E-state index in [4.69, 9.17) is 4.42 Å². The maximum absolute atomic E-state index is 6.44. The molecule has 0 aliphatic heterocycles. The first-order chi connectivity index (χ1) is 13.1. The van der Waals surface area contributed by atoms with E-state index in [2.05, 4.69) is 85.3 Å². The molecule has 0 spiro atoms. The highest BCUT2D eigenvalue weighted by Crippen LogP contribution is 2.39. The van der Waals surface area contributed by atoms with Gasteiger partial charge in [0.2, 0.25) is 0 Å². The molecule has 0 saturated carbocycles. The predicted molar refractivity (Wildman–Crippen MR) is 111 cm³/mol. The Morgan fingerprint density at radius 1 is 0.815 bits per heavy atom. The molecule has 0 saturated heterocycles.